The zero-order valence-electron chi connectivity index (χ0n) is 22.9. The summed E-state index contributed by atoms with van der Waals surface area (Å²) in [4.78, 5) is 50.6. The number of thioether (sulfide) groups is 1. The Bertz CT molecular complexity index is 1650. The molecule has 4 aromatic rings. The lowest BCUT2D eigenvalue weighted by molar-refractivity contribution is -0.385. The first-order valence-corrected chi connectivity index (χ1v) is 13.9. The molecule has 0 aromatic heterocycles. The lowest BCUT2D eigenvalue weighted by Gasteiger charge is -2.13. The summed E-state index contributed by atoms with van der Waals surface area (Å²) in [7, 11) is 0. The third kappa shape index (κ3) is 7.92. The van der Waals surface area contributed by atoms with E-state index in [1.54, 1.807) is 54.6 Å². The van der Waals surface area contributed by atoms with Crippen molar-refractivity contribution in [2.24, 2.45) is 0 Å². The van der Waals surface area contributed by atoms with Crippen molar-refractivity contribution in [2.45, 2.75) is 18.7 Å². The van der Waals surface area contributed by atoms with Crippen molar-refractivity contribution in [3.8, 4) is 0 Å². The smallest absolute Gasteiger partial charge is 0.276 e. The summed E-state index contributed by atoms with van der Waals surface area (Å²) in [5.74, 6) is -1.23. The van der Waals surface area contributed by atoms with Crippen LogP contribution >= 0.6 is 11.8 Å². The highest BCUT2D eigenvalue weighted by molar-refractivity contribution is 8.00. The van der Waals surface area contributed by atoms with Crippen molar-refractivity contribution in [3.63, 3.8) is 0 Å². The molecule has 4 aromatic carbocycles. The molecule has 4 rings (SSSR count). The zero-order chi connectivity index (χ0) is 30.1. The summed E-state index contributed by atoms with van der Waals surface area (Å²) >= 11 is 1.30. The second kappa shape index (κ2) is 13.9. The fourth-order valence-corrected chi connectivity index (χ4v) is 4.83. The van der Waals surface area contributed by atoms with E-state index in [9.17, 15) is 24.5 Å². The molecule has 3 N–H and O–H groups in total. The fraction of sp³-hybridized carbons (Fsp3) is 0.0938. The molecule has 9 nitrogen and oxygen atoms in total. The lowest BCUT2D eigenvalue weighted by Crippen LogP contribution is -2.30. The van der Waals surface area contributed by atoms with E-state index in [0.717, 1.165) is 21.7 Å². The molecule has 42 heavy (non-hydrogen) atoms. The van der Waals surface area contributed by atoms with Crippen LogP contribution in [0.4, 0.5) is 17.1 Å². The number of nitro benzene ring substituents is 1. The van der Waals surface area contributed by atoms with Crippen LogP contribution in [0.5, 0.6) is 0 Å². The number of nitrogens with zero attached hydrogens (tertiary/aromatic N) is 1. The lowest BCUT2D eigenvalue weighted by atomic mass is 10.1. The van der Waals surface area contributed by atoms with Crippen LogP contribution in [0.1, 0.15) is 27.0 Å². The Balaban J connectivity index is 1.51. The van der Waals surface area contributed by atoms with Crippen LogP contribution in [-0.4, -0.2) is 28.4 Å². The van der Waals surface area contributed by atoms with Gasteiger partial charge < -0.3 is 16.0 Å². The van der Waals surface area contributed by atoms with Crippen LogP contribution in [0.25, 0.3) is 6.08 Å². The maximum Gasteiger partial charge on any atom is 0.276 e. The number of carbonyl (C=O) groups is 3. The van der Waals surface area contributed by atoms with Crippen molar-refractivity contribution in [1.82, 2.24) is 5.32 Å². The van der Waals surface area contributed by atoms with Gasteiger partial charge in [0.25, 0.3) is 17.5 Å². The van der Waals surface area contributed by atoms with Gasteiger partial charge in [0.1, 0.15) is 5.70 Å². The van der Waals surface area contributed by atoms with Gasteiger partial charge in [0.05, 0.1) is 16.2 Å². The number of para-hydroxylation sites is 2. The summed E-state index contributed by atoms with van der Waals surface area (Å²) in [6, 6.07) is 27.0. The third-order valence-electron chi connectivity index (χ3n) is 6.17. The van der Waals surface area contributed by atoms with E-state index in [2.05, 4.69) is 16.0 Å². The van der Waals surface area contributed by atoms with Crippen molar-refractivity contribution in [2.75, 3.05) is 16.4 Å². The molecule has 0 saturated carbocycles. The van der Waals surface area contributed by atoms with Gasteiger partial charge >= 0.3 is 0 Å². The van der Waals surface area contributed by atoms with Crippen molar-refractivity contribution < 1.29 is 19.3 Å². The standard InChI is InChI=1S/C32H28N4O5S/c1-21-10-8-11-22(2)30(21)35-29(37)20-42-26-16-9-15-25(19-26)33-32(39)27(34-31(38)23-12-4-3-5-13-23)18-24-14-6-7-17-28(24)36(40)41/h3-19H,20H2,1-2H3,(H,33,39)(H,34,38)(H,35,37)/b27-18+. The Morgan fingerprint density at radius 3 is 2.21 bits per heavy atom. The normalized spacial score (nSPS) is 11.0. The minimum atomic E-state index is -0.674. The highest BCUT2D eigenvalue weighted by Crippen LogP contribution is 2.25. The molecule has 10 heteroatoms. The molecule has 0 unspecified atom stereocenters. The molecule has 0 spiro atoms. The number of carbonyl (C=O) groups excluding carboxylic acids is 3. The summed E-state index contributed by atoms with van der Waals surface area (Å²) < 4.78 is 0. The van der Waals surface area contributed by atoms with Crippen molar-refractivity contribution in [1.29, 1.82) is 0 Å². The monoisotopic (exact) mass is 580 g/mol. The predicted octanol–water partition coefficient (Wildman–Crippen LogP) is 6.35. The molecule has 3 amide bonds. The highest BCUT2D eigenvalue weighted by atomic mass is 32.2. The van der Waals surface area contributed by atoms with Gasteiger partial charge in [0, 0.05) is 27.9 Å². The number of benzene rings is 4. The van der Waals surface area contributed by atoms with Gasteiger partial charge in [-0.1, -0.05) is 54.6 Å². The molecular formula is C32H28N4O5S. The number of anilines is 2. The summed E-state index contributed by atoms with van der Waals surface area (Å²) in [5.41, 5.74) is 3.24. The van der Waals surface area contributed by atoms with Gasteiger partial charge in [-0.05, 0) is 67.4 Å². The SMILES string of the molecule is Cc1cccc(C)c1NC(=O)CSc1cccc(NC(=O)/C(=C\c2ccccc2[N+](=O)[O-])NC(=O)c2ccccc2)c1. The van der Waals surface area contributed by atoms with Crippen LogP contribution in [-0.2, 0) is 9.59 Å². The van der Waals surface area contributed by atoms with E-state index in [-0.39, 0.29) is 28.6 Å². The number of aryl methyl sites for hydroxylation is 2. The first kappa shape index (κ1) is 29.8. The van der Waals surface area contributed by atoms with Crippen LogP contribution in [0.2, 0.25) is 0 Å². The topological polar surface area (TPSA) is 130 Å². The number of hydrogen-bond acceptors (Lipinski definition) is 6. The predicted molar refractivity (Wildman–Crippen MR) is 165 cm³/mol. The van der Waals surface area contributed by atoms with E-state index in [1.807, 2.05) is 38.1 Å². The van der Waals surface area contributed by atoms with Gasteiger partial charge in [0.15, 0.2) is 0 Å². The molecule has 0 bridgehead atoms. The van der Waals surface area contributed by atoms with Gasteiger partial charge in [0.2, 0.25) is 5.91 Å². The van der Waals surface area contributed by atoms with Gasteiger partial charge in [-0.15, -0.1) is 11.8 Å². The minimum absolute atomic E-state index is 0.153. The second-order valence-corrected chi connectivity index (χ2v) is 10.3. The van der Waals surface area contributed by atoms with Crippen LogP contribution in [0, 0.1) is 24.0 Å². The maximum absolute atomic E-state index is 13.4. The average Bonchev–Trinajstić information content (AvgIpc) is 2.98. The van der Waals surface area contributed by atoms with E-state index < -0.39 is 16.7 Å². The van der Waals surface area contributed by atoms with Crippen molar-refractivity contribution in [3.05, 3.63) is 135 Å². The molecule has 0 aliphatic heterocycles. The summed E-state index contributed by atoms with van der Waals surface area (Å²) in [6.45, 7) is 3.87. The molecule has 0 fully saturated rings. The Hall–Kier alpha value is -5.22. The van der Waals surface area contributed by atoms with Crippen LogP contribution < -0.4 is 16.0 Å². The van der Waals surface area contributed by atoms with E-state index >= 15 is 0 Å². The van der Waals surface area contributed by atoms with Crippen molar-refractivity contribution >= 4 is 52.6 Å². The van der Waals surface area contributed by atoms with Crippen LogP contribution in [0.15, 0.2) is 108 Å². The minimum Gasteiger partial charge on any atom is -0.325 e. The fourth-order valence-electron chi connectivity index (χ4n) is 4.07. The quantitative estimate of drug-likeness (QED) is 0.0867. The first-order chi connectivity index (χ1) is 20.2. The third-order valence-corrected chi connectivity index (χ3v) is 7.16. The van der Waals surface area contributed by atoms with E-state index in [1.165, 1.54) is 36.0 Å². The van der Waals surface area contributed by atoms with E-state index in [0.29, 0.717) is 11.3 Å². The molecule has 0 saturated heterocycles. The van der Waals surface area contributed by atoms with Gasteiger partial charge in [-0.3, -0.25) is 24.5 Å². The van der Waals surface area contributed by atoms with Gasteiger partial charge in [-0.25, -0.2) is 0 Å². The molecular weight excluding hydrogens is 552 g/mol. The zero-order valence-corrected chi connectivity index (χ0v) is 23.7. The largest absolute Gasteiger partial charge is 0.325 e. The number of nitro groups is 1. The number of rotatable bonds is 10. The summed E-state index contributed by atoms with van der Waals surface area (Å²) in [6.07, 6.45) is 1.27. The maximum atomic E-state index is 13.4. The highest BCUT2D eigenvalue weighted by Gasteiger charge is 2.18. The summed E-state index contributed by atoms with van der Waals surface area (Å²) in [5, 5.41) is 19.8. The number of hydrogen-bond donors (Lipinski definition) is 3. The second-order valence-electron chi connectivity index (χ2n) is 9.28. The van der Waals surface area contributed by atoms with Gasteiger partial charge in [-0.2, -0.15) is 0 Å². The molecule has 0 atom stereocenters. The van der Waals surface area contributed by atoms with E-state index in [4.69, 9.17) is 0 Å². The van der Waals surface area contributed by atoms with Crippen LogP contribution in [0.3, 0.4) is 0 Å². The average molecular weight is 581 g/mol. The molecule has 0 radical (unpaired) electrons. The first-order valence-electron chi connectivity index (χ1n) is 12.9. The molecule has 0 aliphatic carbocycles. The number of amides is 3. The Morgan fingerprint density at radius 1 is 0.833 bits per heavy atom. The molecule has 0 heterocycles. The number of nitrogens with one attached hydrogen (secondary N) is 3. The molecule has 212 valence electrons. The Kier molecular flexibility index (Phi) is 9.85. The molecule has 0 aliphatic rings. The Morgan fingerprint density at radius 2 is 1.50 bits per heavy atom. The Labute approximate surface area is 247 Å².